The predicted octanol–water partition coefficient (Wildman–Crippen LogP) is -13.3. The molecule has 0 aromatic heterocycles. The predicted molar refractivity (Wildman–Crippen MR) is 14.9 cm³/mol. The molecule has 0 N–H and O–H groups in total. The van der Waals surface area contributed by atoms with Crippen molar-refractivity contribution < 1.29 is 218 Å². The summed E-state index contributed by atoms with van der Waals surface area (Å²) in [5, 5.41) is 0. The van der Waals surface area contributed by atoms with E-state index in [9.17, 15) is 0 Å². The number of hydrogen-bond acceptors (Lipinski definition) is 15. The standard InChI is InChI=1S/2La.15O.2Sr.5Ti/q2*+3;;;;;;10*-1;2*+2;;;;;. The van der Waals surface area contributed by atoms with E-state index in [2.05, 4.69) is 0 Å². The van der Waals surface area contributed by atoms with Crippen LogP contribution < -0.4 is 36.9 Å². The van der Waals surface area contributed by atoms with Gasteiger partial charge in [-0.2, -0.15) is 0 Å². The molecule has 0 aliphatic rings. The van der Waals surface area contributed by atoms with Crippen LogP contribution in [0.4, 0.5) is 0 Å². The van der Waals surface area contributed by atoms with Crippen LogP contribution in [-0.2, 0) is 110 Å². The van der Waals surface area contributed by atoms with Crippen LogP contribution in [0.15, 0.2) is 0 Å². The number of rotatable bonds is 0. The van der Waals surface area contributed by atoms with Gasteiger partial charge in [-0.05, 0) is 0 Å². The van der Waals surface area contributed by atoms with Gasteiger partial charge in [0.15, 0.2) is 0 Å². The molecule has 0 saturated heterocycles. The Bertz CT molecular complexity index is 221. The first-order chi connectivity index (χ1) is 8.66. The van der Waals surface area contributed by atoms with E-state index < -0.39 is 93.1 Å². The summed E-state index contributed by atoms with van der Waals surface area (Å²) in [5.41, 5.74) is 0. The minimum Gasteiger partial charge on any atom is 2.00 e. The van der Waals surface area contributed by atoms with E-state index in [1.807, 2.05) is 0 Å². The van der Waals surface area contributed by atoms with Gasteiger partial charge in [0.05, 0.1) is 0 Å². The van der Waals surface area contributed by atoms with Crippen molar-refractivity contribution in [2.24, 2.45) is 0 Å². The summed E-state index contributed by atoms with van der Waals surface area (Å²) in [6, 6.07) is 0. The Morgan fingerprint density at radius 2 is 0.333 bits per heavy atom. The van der Waals surface area contributed by atoms with E-state index in [0.29, 0.717) is 0 Å². The second kappa shape index (κ2) is 52.4. The number of hydrogen-bond donors (Lipinski definition) is 0. The van der Waals surface area contributed by atoms with Gasteiger partial charge in [0.2, 0.25) is 0 Å². The Kier molecular flexibility index (Phi) is 127. The summed E-state index contributed by atoms with van der Waals surface area (Å²) in [5.74, 6) is 0. The quantitative estimate of drug-likeness (QED) is 0.204. The molecule has 0 amide bonds. The van der Waals surface area contributed by atoms with Crippen LogP contribution in [0.5, 0.6) is 0 Å². The first-order valence-electron chi connectivity index (χ1n) is 3.06. The van der Waals surface area contributed by atoms with E-state index in [0.717, 1.165) is 0 Å². The third-order valence-corrected chi connectivity index (χ3v) is 0. The third-order valence-electron chi connectivity index (χ3n) is 0. The summed E-state index contributed by atoms with van der Waals surface area (Å²) < 4.78 is 129. The minimum absolute atomic E-state index is 0. The van der Waals surface area contributed by atoms with Crippen molar-refractivity contribution in [2.45, 2.75) is 0 Å². The van der Waals surface area contributed by atoms with Crippen LogP contribution in [0.1, 0.15) is 0 Å². The van der Waals surface area contributed by atoms with E-state index >= 15 is 0 Å². The molecule has 0 fully saturated rings. The van der Waals surface area contributed by atoms with E-state index in [-0.39, 0.29) is 162 Å². The maximum absolute atomic E-state index is 8.58. The van der Waals surface area contributed by atoms with Gasteiger partial charge in [0, 0.05) is 0 Å². The molecule has 0 atom stereocenters. The molecule has 0 aliphatic heterocycles. The van der Waals surface area contributed by atoms with Gasteiger partial charge in [0.25, 0.3) is 0 Å². The molecule has 0 unspecified atom stereocenters. The summed E-state index contributed by atoms with van der Waals surface area (Å²) in [7, 11) is 0. The second-order valence-electron chi connectivity index (χ2n) is 1.25. The van der Waals surface area contributed by atoms with Crippen LogP contribution in [0.2, 0.25) is 0 Å². The Balaban J connectivity index is -0.0000000161. The molecule has 15 nitrogen and oxygen atoms in total. The van der Waals surface area contributed by atoms with E-state index in [1.165, 1.54) is 0 Å². The van der Waals surface area contributed by atoms with Crippen LogP contribution in [-0.4, -0.2) is 91.0 Å². The fourth-order valence-corrected chi connectivity index (χ4v) is 0. The molecule has 24 heteroatoms. The van der Waals surface area contributed by atoms with Gasteiger partial charge in [-0.25, -0.2) is 0 Å². The Hall–Kier alpha value is 7.52. The molecule has 0 spiro atoms. The summed E-state index contributed by atoms with van der Waals surface area (Å²) in [4.78, 5) is 0. The largest absolute Gasteiger partial charge is 2.00 e. The van der Waals surface area contributed by atoms with Crippen molar-refractivity contribution in [1.29, 1.82) is 0 Å². The van der Waals surface area contributed by atoms with Gasteiger partial charge in [-0.3, -0.25) is 0 Å². The van der Waals surface area contributed by atoms with E-state index in [1.54, 1.807) is 0 Å². The Labute approximate surface area is 299 Å². The van der Waals surface area contributed by atoms with Gasteiger partial charge < -0.3 is 0 Å². The first kappa shape index (κ1) is 57.9. The van der Waals surface area contributed by atoms with Gasteiger partial charge in [-0.15, -0.1) is 0 Å². The zero-order chi connectivity index (χ0) is 17.9. The fraction of sp³-hybridized carbons (Fsp3) is 0. The SMILES string of the molecule is [La+3].[La+3].[O]=[Ti]([O-])[O-].[O]=[Ti]([O-])[O-].[O]=[Ti]([O-])[O-].[O]=[Ti]([O-])[O-].[O]=[Ti]([O-])[O-].[Sr+2].[Sr+2]. The second-order valence-corrected chi connectivity index (χ2v) is 5.15. The molecule has 24 heavy (non-hydrogen) atoms. The zero-order valence-electron chi connectivity index (χ0n) is 11.2. The molecule has 0 aliphatic carbocycles. The fourth-order valence-electron chi connectivity index (χ4n) is 0. The molecule has 0 heterocycles. The first-order valence-corrected chi connectivity index (χ1v) is 12.6. The zero-order valence-corrected chi connectivity index (χ0v) is 33.2. The molecule has 0 saturated carbocycles. The van der Waals surface area contributed by atoms with Crippen molar-refractivity contribution in [3.8, 4) is 0 Å². The maximum atomic E-state index is 8.58. The van der Waals surface area contributed by atoms with Crippen LogP contribution in [0, 0.1) is 71.2 Å². The Morgan fingerprint density at radius 3 is 0.333 bits per heavy atom. The van der Waals surface area contributed by atoms with Gasteiger partial charge >= 0.3 is 309 Å². The summed E-state index contributed by atoms with van der Waals surface area (Å²) in [6.07, 6.45) is 0. The smallest absolute Gasteiger partial charge is 2.00 e. The molecule has 0 radical (unpaired) electrons. The molecule has 120 valence electrons. The van der Waals surface area contributed by atoms with Gasteiger partial charge in [-0.1, -0.05) is 0 Å². The average molecular weight is 932 g/mol. The molecule has 0 rings (SSSR count). The van der Waals surface area contributed by atoms with Crippen molar-refractivity contribution in [1.82, 2.24) is 0 Å². The topological polar surface area (TPSA) is 316 Å². The minimum atomic E-state index is -4.08. The van der Waals surface area contributed by atoms with Gasteiger partial charge in [0.1, 0.15) is 0 Å². The molecule has 0 aromatic rings. The average Bonchev–Trinajstić information content (AvgIpc) is 1.94. The van der Waals surface area contributed by atoms with Crippen LogP contribution in [0.3, 0.4) is 0 Å². The van der Waals surface area contributed by atoms with Crippen molar-refractivity contribution in [3.05, 3.63) is 0 Å². The summed E-state index contributed by atoms with van der Waals surface area (Å²) in [6.45, 7) is 0. The van der Waals surface area contributed by atoms with Crippen molar-refractivity contribution in [2.75, 3.05) is 0 Å². The molecule has 0 aromatic carbocycles. The van der Waals surface area contributed by atoms with E-state index in [4.69, 9.17) is 53.5 Å². The molecule has 0 bridgehead atoms. The Morgan fingerprint density at radius 1 is 0.333 bits per heavy atom. The monoisotopic (exact) mass is 933 g/mol. The normalized spacial score (nSPS) is 5.42. The maximum Gasteiger partial charge on any atom is 2.00 e. The molecular weight excluding hydrogens is 932 g/mol. The molecular formula is La2O15Sr2Ti5. The van der Waals surface area contributed by atoms with Crippen molar-refractivity contribution in [3.63, 3.8) is 0 Å². The van der Waals surface area contributed by atoms with Crippen molar-refractivity contribution >= 4 is 91.0 Å². The van der Waals surface area contributed by atoms with Crippen LogP contribution >= 0.6 is 0 Å². The third kappa shape index (κ3) is 424. The van der Waals surface area contributed by atoms with Crippen LogP contribution in [0.25, 0.3) is 0 Å². The summed E-state index contributed by atoms with van der Waals surface area (Å²) >= 11 is -20.4.